The summed E-state index contributed by atoms with van der Waals surface area (Å²) in [7, 11) is 4.29. The van der Waals surface area contributed by atoms with Crippen LogP contribution in [0.5, 0.6) is 0 Å². The van der Waals surface area contributed by atoms with E-state index in [1.807, 2.05) is 11.8 Å². The number of hydrogen-bond donors (Lipinski definition) is 0. The highest BCUT2D eigenvalue weighted by Crippen LogP contribution is 2.46. The molecule has 0 amide bonds. The highest BCUT2D eigenvalue weighted by atomic mass is 32.2. The molecule has 4 rings (SSSR count). The summed E-state index contributed by atoms with van der Waals surface area (Å²) in [5.41, 5.74) is 5.60. The van der Waals surface area contributed by atoms with Crippen molar-refractivity contribution in [2.24, 2.45) is 0 Å². The van der Waals surface area contributed by atoms with Gasteiger partial charge in [0.05, 0.1) is 0 Å². The van der Waals surface area contributed by atoms with Crippen LogP contribution in [0.25, 0.3) is 5.57 Å². The number of fused-ring (bicyclic) bond motifs is 2. The molecule has 0 aromatic heterocycles. The summed E-state index contributed by atoms with van der Waals surface area (Å²) in [5.74, 6) is 0. The van der Waals surface area contributed by atoms with Crippen LogP contribution >= 0.6 is 11.8 Å². The molecule has 1 saturated heterocycles. The molecule has 2 nitrogen and oxygen atoms in total. The first-order valence-electron chi connectivity index (χ1n) is 9.74. The van der Waals surface area contributed by atoms with E-state index in [-0.39, 0.29) is 0 Å². The summed E-state index contributed by atoms with van der Waals surface area (Å²) in [4.78, 5) is 7.58. The molecule has 2 heterocycles. The number of nitrogens with zero attached hydrogens (tertiary/aromatic N) is 2. The third kappa shape index (κ3) is 3.70. The number of hydrogen-bond acceptors (Lipinski definition) is 3. The van der Waals surface area contributed by atoms with Crippen LogP contribution in [0.1, 0.15) is 36.8 Å². The van der Waals surface area contributed by atoms with E-state index in [1.165, 1.54) is 64.5 Å². The van der Waals surface area contributed by atoms with Crippen molar-refractivity contribution in [2.45, 2.75) is 35.5 Å². The first kappa shape index (κ1) is 17.7. The molecule has 0 radical (unpaired) electrons. The zero-order chi connectivity index (χ0) is 17.9. The van der Waals surface area contributed by atoms with Crippen LogP contribution in [-0.4, -0.2) is 38.6 Å². The van der Waals surface area contributed by atoms with Gasteiger partial charge in [0, 0.05) is 35.1 Å². The molecule has 0 N–H and O–H groups in total. The van der Waals surface area contributed by atoms with E-state index in [0.29, 0.717) is 0 Å². The molecule has 0 atom stereocenters. The Kier molecular flexibility index (Phi) is 5.37. The van der Waals surface area contributed by atoms with Crippen molar-refractivity contribution in [3.63, 3.8) is 0 Å². The highest BCUT2D eigenvalue weighted by Gasteiger charge is 2.22. The van der Waals surface area contributed by atoms with Gasteiger partial charge in [-0.05, 0) is 80.7 Å². The average Bonchev–Trinajstić information content (AvgIpc) is 2.67. The Balaban J connectivity index is 1.72. The molecule has 1 fully saturated rings. The van der Waals surface area contributed by atoms with Crippen LogP contribution in [0, 0.1) is 0 Å². The maximum atomic E-state index is 2.56. The summed E-state index contributed by atoms with van der Waals surface area (Å²) >= 11 is 1.91. The van der Waals surface area contributed by atoms with Crippen LogP contribution in [0.4, 0.5) is 5.69 Å². The molecule has 2 aliphatic heterocycles. The van der Waals surface area contributed by atoms with Crippen molar-refractivity contribution < 1.29 is 0 Å². The lowest BCUT2D eigenvalue weighted by Gasteiger charge is -2.31. The van der Waals surface area contributed by atoms with Gasteiger partial charge in [-0.2, -0.15) is 0 Å². The van der Waals surface area contributed by atoms with Crippen molar-refractivity contribution in [2.75, 3.05) is 38.6 Å². The van der Waals surface area contributed by atoms with Gasteiger partial charge in [-0.3, -0.25) is 0 Å². The van der Waals surface area contributed by atoms with Crippen molar-refractivity contribution in [1.29, 1.82) is 0 Å². The molecule has 0 spiro atoms. The third-order valence-electron chi connectivity index (χ3n) is 5.30. The highest BCUT2D eigenvalue weighted by molar-refractivity contribution is 7.99. The number of rotatable bonds is 4. The van der Waals surface area contributed by atoms with E-state index < -0.39 is 0 Å². The lowest BCUT2D eigenvalue weighted by Crippen LogP contribution is -2.29. The van der Waals surface area contributed by atoms with Crippen LogP contribution in [0.2, 0.25) is 0 Å². The third-order valence-corrected chi connectivity index (χ3v) is 6.45. The molecule has 136 valence electrons. The van der Waals surface area contributed by atoms with Gasteiger partial charge in [0.25, 0.3) is 0 Å². The zero-order valence-corrected chi connectivity index (χ0v) is 16.7. The van der Waals surface area contributed by atoms with E-state index in [1.54, 1.807) is 0 Å². The van der Waals surface area contributed by atoms with Gasteiger partial charge in [0.2, 0.25) is 0 Å². The standard InChI is InChI=1S/C23H28N2S/c1-24(2)14-8-10-19-20-9-4-5-11-22(20)26-23-13-12-18(17-21(19)23)25-15-6-3-7-16-25/h4-5,9-13,17H,3,6-8,14-16H2,1-2H3. The van der Waals surface area contributed by atoms with Gasteiger partial charge in [0.1, 0.15) is 0 Å². The molecular formula is C23H28N2S. The van der Waals surface area contributed by atoms with Crippen molar-refractivity contribution in [3.05, 3.63) is 59.7 Å². The Hall–Kier alpha value is -1.71. The van der Waals surface area contributed by atoms with Crippen molar-refractivity contribution >= 4 is 23.0 Å². The molecule has 0 unspecified atom stereocenters. The Morgan fingerprint density at radius 1 is 0.962 bits per heavy atom. The molecule has 0 bridgehead atoms. The van der Waals surface area contributed by atoms with E-state index in [9.17, 15) is 0 Å². The molecule has 0 saturated carbocycles. The summed E-state index contributed by atoms with van der Waals surface area (Å²) < 4.78 is 0. The van der Waals surface area contributed by atoms with Gasteiger partial charge in [0.15, 0.2) is 0 Å². The minimum atomic E-state index is 1.08. The average molecular weight is 365 g/mol. The second kappa shape index (κ2) is 7.89. The summed E-state index contributed by atoms with van der Waals surface area (Å²) in [6.07, 6.45) is 7.53. The topological polar surface area (TPSA) is 6.48 Å². The van der Waals surface area contributed by atoms with Crippen LogP contribution < -0.4 is 4.90 Å². The van der Waals surface area contributed by atoms with Crippen LogP contribution in [0.15, 0.2) is 58.3 Å². The largest absolute Gasteiger partial charge is 0.372 e. The Bertz CT molecular complexity index is 804. The van der Waals surface area contributed by atoms with Gasteiger partial charge >= 0.3 is 0 Å². The molecule has 2 aromatic carbocycles. The van der Waals surface area contributed by atoms with Gasteiger partial charge in [-0.15, -0.1) is 0 Å². The molecular weight excluding hydrogens is 336 g/mol. The van der Waals surface area contributed by atoms with Gasteiger partial charge < -0.3 is 9.80 Å². The number of anilines is 1. The minimum Gasteiger partial charge on any atom is -0.372 e. The van der Waals surface area contributed by atoms with Crippen molar-refractivity contribution in [3.8, 4) is 0 Å². The fourth-order valence-corrected chi connectivity index (χ4v) is 4.98. The summed E-state index contributed by atoms with van der Waals surface area (Å²) in [6, 6.07) is 15.9. The van der Waals surface area contributed by atoms with E-state index in [0.717, 1.165) is 13.0 Å². The first-order chi connectivity index (χ1) is 12.7. The second-order valence-corrected chi connectivity index (χ2v) is 8.62. The SMILES string of the molecule is CN(C)CCC=C1c2ccccc2Sc2ccc(N3CCCCC3)cc21. The maximum Gasteiger partial charge on any atom is 0.0373 e. The lowest BCUT2D eigenvalue weighted by atomic mass is 9.95. The Labute approximate surface area is 161 Å². The molecule has 3 heteroatoms. The fraction of sp³-hybridized carbons (Fsp3) is 0.391. The van der Waals surface area contributed by atoms with Crippen LogP contribution in [-0.2, 0) is 0 Å². The normalized spacial score (nSPS) is 18.1. The van der Waals surface area contributed by atoms with Crippen LogP contribution in [0.3, 0.4) is 0 Å². The molecule has 2 aliphatic rings. The zero-order valence-electron chi connectivity index (χ0n) is 15.9. The smallest absolute Gasteiger partial charge is 0.0373 e. The Morgan fingerprint density at radius 2 is 1.73 bits per heavy atom. The lowest BCUT2D eigenvalue weighted by molar-refractivity contribution is 0.417. The predicted molar refractivity (Wildman–Crippen MR) is 113 cm³/mol. The summed E-state index contributed by atoms with van der Waals surface area (Å²) in [5, 5.41) is 0. The monoisotopic (exact) mass is 364 g/mol. The molecule has 0 aliphatic carbocycles. The van der Waals surface area contributed by atoms with Gasteiger partial charge in [-0.1, -0.05) is 36.0 Å². The first-order valence-corrected chi connectivity index (χ1v) is 10.6. The quantitative estimate of drug-likeness (QED) is 0.601. The maximum absolute atomic E-state index is 2.56. The Morgan fingerprint density at radius 3 is 2.54 bits per heavy atom. The van der Waals surface area contributed by atoms with Gasteiger partial charge in [-0.25, -0.2) is 0 Å². The van der Waals surface area contributed by atoms with E-state index in [4.69, 9.17) is 0 Å². The predicted octanol–water partition coefficient (Wildman–Crippen LogP) is 5.52. The fourth-order valence-electron chi connectivity index (χ4n) is 3.89. The molecule has 26 heavy (non-hydrogen) atoms. The number of benzene rings is 2. The summed E-state index contributed by atoms with van der Waals surface area (Å²) in [6.45, 7) is 3.48. The number of piperidine rings is 1. The van der Waals surface area contributed by atoms with Crippen molar-refractivity contribution in [1.82, 2.24) is 4.90 Å². The molecule has 2 aromatic rings. The van der Waals surface area contributed by atoms with E-state index >= 15 is 0 Å². The van der Waals surface area contributed by atoms with E-state index in [2.05, 4.69) is 72.4 Å². The minimum absolute atomic E-state index is 1.08. The second-order valence-electron chi connectivity index (χ2n) is 7.54.